The quantitative estimate of drug-likeness (QED) is 0.305. The number of thiocarbonyl (C=S) groups is 2. The van der Waals surface area contributed by atoms with Crippen LogP contribution in [-0.4, -0.2) is 67.2 Å². The lowest BCUT2D eigenvalue weighted by Crippen LogP contribution is -2.34. The van der Waals surface area contributed by atoms with Crippen LogP contribution in [-0.2, 0) is 19.2 Å². The third-order valence-corrected chi connectivity index (χ3v) is 9.94. The number of hydrogen-bond acceptors (Lipinski definition) is 8. The van der Waals surface area contributed by atoms with Gasteiger partial charge in [0.05, 0.1) is 9.81 Å². The summed E-state index contributed by atoms with van der Waals surface area (Å²) in [7, 11) is 0. The molecule has 4 aliphatic rings. The van der Waals surface area contributed by atoms with Gasteiger partial charge in [-0.15, -0.1) is 0 Å². The lowest BCUT2D eigenvalue weighted by molar-refractivity contribution is -0.125. The standard InChI is InChI=1S/C24H32N4O4S4/c29-17(25-15-7-1-2-8-15)11-5-13-27-21(31)19(35-23(27)33)20-22(32)28(24(34)36-20)14-6-12-18(30)26-16-9-3-4-10-16/h15-16H,1-14H2,(H,25,29)(H,26,30). The fourth-order valence-corrected chi connectivity index (χ4v) is 7.76. The second-order valence-electron chi connectivity index (χ2n) is 9.61. The maximum Gasteiger partial charge on any atom is 0.267 e. The fraction of sp³-hybridized carbons (Fsp3) is 0.667. The summed E-state index contributed by atoms with van der Waals surface area (Å²) in [6.07, 6.45) is 10.4. The molecule has 0 aromatic rings. The third-order valence-electron chi connectivity index (χ3n) is 6.92. The van der Waals surface area contributed by atoms with Gasteiger partial charge in [0.2, 0.25) is 11.8 Å². The first-order chi connectivity index (χ1) is 17.3. The van der Waals surface area contributed by atoms with Gasteiger partial charge >= 0.3 is 0 Å². The van der Waals surface area contributed by atoms with Crippen LogP contribution in [0.1, 0.15) is 77.0 Å². The molecule has 8 nitrogen and oxygen atoms in total. The van der Waals surface area contributed by atoms with E-state index in [0.29, 0.717) is 57.2 Å². The minimum Gasteiger partial charge on any atom is -0.353 e. The van der Waals surface area contributed by atoms with E-state index in [9.17, 15) is 19.2 Å². The molecule has 2 saturated heterocycles. The molecule has 2 N–H and O–H groups in total. The Balaban J connectivity index is 1.25. The highest BCUT2D eigenvalue weighted by Gasteiger charge is 2.41. The van der Waals surface area contributed by atoms with E-state index in [1.165, 1.54) is 9.80 Å². The highest BCUT2D eigenvalue weighted by Crippen LogP contribution is 2.42. The summed E-state index contributed by atoms with van der Waals surface area (Å²) >= 11 is 13.0. The van der Waals surface area contributed by atoms with E-state index in [4.69, 9.17) is 24.4 Å². The molecule has 4 amide bonds. The summed E-state index contributed by atoms with van der Waals surface area (Å²) in [5.41, 5.74) is 0. The zero-order chi connectivity index (χ0) is 25.7. The molecule has 2 heterocycles. The topological polar surface area (TPSA) is 98.8 Å². The molecule has 0 spiro atoms. The summed E-state index contributed by atoms with van der Waals surface area (Å²) in [5.74, 6) is -0.606. The molecule has 0 radical (unpaired) electrons. The minimum absolute atomic E-state index is 0.00476. The first-order valence-corrected chi connectivity index (χ1v) is 15.2. The summed E-state index contributed by atoms with van der Waals surface area (Å²) in [4.78, 5) is 54.0. The number of carbonyl (C=O) groups is 4. The molecule has 2 aliphatic carbocycles. The van der Waals surface area contributed by atoms with Crippen LogP contribution in [0.4, 0.5) is 0 Å². The Bertz CT molecular complexity index is 897. The number of amides is 4. The predicted octanol–water partition coefficient (Wildman–Crippen LogP) is 3.60. The Morgan fingerprint density at radius 1 is 0.722 bits per heavy atom. The summed E-state index contributed by atoms with van der Waals surface area (Å²) in [6, 6.07) is 0.551. The minimum atomic E-state index is -0.308. The monoisotopic (exact) mass is 568 g/mol. The van der Waals surface area contributed by atoms with E-state index < -0.39 is 0 Å². The Kier molecular flexibility index (Phi) is 9.82. The van der Waals surface area contributed by atoms with Crippen molar-refractivity contribution in [3.63, 3.8) is 0 Å². The van der Waals surface area contributed by atoms with Crippen molar-refractivity contribution in [2.75, 3.05) is 13.1 Å². The van der Waals surface area contributed by atoms with E-state index in [1.807, 2.05) is 0 Å². The first kappa shape index (κ1) is 27.5. The molecule has 2 saturated carbocycles. The van der Waals surface area contributed by atoms with Crippen molar-refractivity contribution in [3.8, 4) is 0 Å². The highest BCUT2D eigenvalue weighted by atomic mass is 32.2. The largest absolute Gasteiger partial charge is 0.353 e. The van der Waals surface area contributed by atoms with E-state index in [0.717, 1.165) is 74.9 Å². The van der Waals surface area contributed by atoms with Crippen molar-refractivity contribution in [1.29, 1.82) is 0 Å². The number of thioether (sulfide) groups is 2. The molecule has 196 valence electrons. The predicted molar refractivity (Wildman–Crippen MR) is 150 cm³/mol. The van der Waals surface area contributed by atoms with Gasteiger partial charge in [-0.05, 0) is 38.5 Å². The maximum atomic E-state index is 13.1. The lowest BCUT2D eigenvalue weighted by atomic mass is 10.2. The molecule has 4 rings (SSSR count). The smallest absolute Gasteiger partial charge is 0.267 e. The van der Waals surface area contributed by atoms with Gasteiger partial charge in [-0.25, -0.2) is 0 Å². The molecular weight excluding hydrogens is 537 g/mol. The van der Waals surface area contributed by atoms with Gasteiger partial charge < -0.3 is 10.6 Å². The number of nitrogens with one attached hydrogen (secondary N) is 2. The zero-order valence-electron chi connectivity index (χ0n) is 20.2. The molecule has 4 fully saturated rings. The normalized spacial score (nSPS) is 23.4. The van der Waals surface area contributed by atoms with Gasteiger partial charge in [0.25, 0.3) is 11.8 Å². The molecule has 0 aromatic carbocycles. The summed E-state index contributed by atoms with van der Waals surface area (Å²) in [6.45, 7) is 0.672. The lowest BCUT2D eigenvalue weighted by Gasteiger charge is -2.16. The Labute approximate surface area is 231 Å². The zero-order valence-corrected chi connectivity index (χ0v) is 23.5. The van der Waals surface area contributed by atoms with Gasteiger partial charge in [0.1, 0.15) is 8.64 Å². The summed E-state index contributed by atoms with van der Waals surface area (Å²) < 4.78 is 0.778. The van der Waals surface area contributed by atoms with Crippen LogP contribution in [0.2, 0.25) is 0 Å². The second-order valence-corrected chi connectivity index (χ2v) is 12.9. The van der Waals surface area contributed by atoms with E-state index in [1.54, 1.807) is 0 Å². The number of rotatable bonds is 10. The Hall–Kier alpha value is -1.50. The number of hydrogen-bond donors (Lipinski definition) is 2. The average molecular weight is 569 g/mol. The van der Waals surface area contributed by atoms with Gasteiger partial charge in [-0.3, -0.25) is 29.0 Å². The molecule has 0 bridgehead atoms. The van der Waals surface area contributed by atoms with Crippen LogP contribution in [0.15, 0.2) is 9.81 Å². The third kappa shape index (κ3) is 6.87. The summed E-state index contributed by atoms with van der Waals surface area (Å²) in [5, 5.41) is 6.11. The van der Waals surface area contributed by atoms with Crippen LogP contribution in [0.5, 0.6) is 0 Å². The molecule has 12 heteroatoms. The van der Waals surface area contributed by atoms with Crippen molar-refractivity contribution in [3.05, 3.63) is 9.81 Å². The van der Waals surface area contributed by atoms with Crippen molar-refractivity contribution in [2.45, 2.75) is 89.1 Å². The van der Waals surface area contributed by atoms with E-state index in [-0.39, 0.29) is 35.7 Å². The highest BCUT2D eigenvalue weighted by molar-refractivity contribution is 8.29. The Morgan fingerprint density at radius 3 is 1.44 bits per heavy atom. The molecule has 0 aromatic heterocycles. The number of nitrogens with zero attached hydrogens (tertiary/aromatic N) is 2. The van der Waals surface area contributed by atoms with Crippen molar-refractivity contribution < 1.29 is 19.2 Å². The van der Waals surface area contributed by atoms with Crippen molar-refractivity contribution >= 4 is 80.2 Å². The van der Waals surface area contributed by atoms with Crippen molar-refractivity contribution in [2.24, 2.45) is 0 Å². The van der Waals surface area contributed by atoms with Gasteiger partial charge in [-0.1, -0.05) is 73.6 Å². The molecule has 0 unspecified atom stereocenters. The fourth-order valence-electron chi connectivity index (χ4n) is 4.99. The maximum absolute atomic E-state index is 13.1. The average Bonchev–Trinajstić information content (AvgIpc) is 3.63. The van der Waals surface area contributed by atoms with Crippen LogP contribution >= 0.6 is 48.0 Å². The van der Waals surface area contributed by atoms with E-state index >= 15 is 0 Å². The van der Waals surface area contributed by atoms with Crippen LogP contribution in [0, 0.1) is 0 Å². The number of carbonyl (C=O) groups excluding carboxylic acids is 4. The van der Waals surface area contributed by atoms with Gasteiger partial charge in [-0.2, -0.15) is 0 Å². The van der Waals surface area contributed by atoms with Gasteiger partial charge in [0, 0.05) is 38.0 Å². The SMILES string of the molecule is O=C(CCCN1C(=O)C(=C2SC(=S)N(CCCC(=O)NC3CCCC3)C2=O)SC1=S)NC1CCCC1. The van der Waals surface area contributed by atoms with Crippen LogP contribution in [0.25, 0.3) is 0 Å². The molecule has 2 aliphatic heterocycles. The molecular formula is C24H32N4O4S4. The molecule has 36 heavy (non-hydrogen) atoms. The van der Waals surface area contributed by atoms with E-state index in [2.05, 4.69) is 10.6 Å². The van der Waals surface area contributed by atoms with Crippen LogP contribution < -0.4 is 10.6 Å². The second kappa shape index (κ2) is 12.8. The van der Waals surface area contributed by atoms with Crippen molar-refractivity contribution in [1.82, 2.24) is 20.4 Å². The van der Waals surface area contributed by atoms with Crippen LogP contribution in [0.3, 0.4) is 0 Å². The first-order valence-electron chi connectivity index (χ1n) is 12.7. The molecule has 0 atom stereocenters. The Morgan fingerprint density at radius 2 is 1.08 bits per heavy atom. The van der Waals surface area contributed by atoms with Gasteiger partial charge in [0.15, 0.2) is 0 Å².